The minimum atomic E-state index is -4.54. The number of pyridine rings is 1. The first-order chi connectivity index (χ1) is 15.7. The number of carbonyl (C=O) groups excluding carboxylic acids is 2. The van der Waals surface area contributed by atoms with Crippen LogP contribution in [0, 0.1) is 0 Å². The lowest BCUT2D eigenvalue weighted by molar-refractivity contribution is -0.137. The van der Waals surface area contributed by atoms with Gasteiger partial charge >= 0.3 is 12.2 Å². The van der Waals surface area contributed by atoms with E-state index in [1.54, 1.807) is 30.3 Å². The normalized spacial score (nSPS) is 10.8. The van der Waals surface area contributed by atoms with Crippen molar-refractivity contribution in [1.29, 1.82) is 0 Å². The summed E-state index contributed by atoms with van der Waals surface area (Å²) in [6.45, 7) is 0. The van der Waals surface area contributed by atoms with Crippen molar-refractivity contribution in [3.05, 3.63) is 77.1 Å². The van der Waals surface area contributed by atoms with Gasteiger partial charge in [0.15, 0.2) is 0 Å². The molecule has 0 aliphatic heterocycles. The van der Waals surface area contributed by atoms with Gasteiger partial charge in [0.05, 0.1) is 22.0 Å². The number of hydrogen-bond acceptors (Lipinski definition) is 5. The van der Waals surface area contributed by atoms with Crippen molar-refractivity contribution in [2.75, 3.05) is 17.8 Å². The first kappa shape index (κ1) is 23.7. The molecule has 1 heterocycles. The average molecular weight is 480 g/mol. The van der Waals surface area contributed by atoms with Gasteiger partial charge in [-0.2, -0.15) is 13.2 Å². The molecule has 0 aliphatic carbocycles. The van der Waals surface area contributed by atoms with Gasteiger partial charge < -0.3 is 15.4 Å². The van der Waals surface area contributed by atoms with Crippen LogP contribution in [-0.2, 0) is 6.18 Å². The van der Waals surface area contributed by atoms with Crippen molar-refractivity contribution < 1.29 is 27.5 Å². The van der Waals surface area contributed by atoms with Crippen molar-refractivity contribution in [3.8, 4) is 11.5 Å². The Bertz CT molecular complexity index is 1160. The molecule has 8 nitrogen and oxygen atoms in total. The van der Waals surface area contributed by atoms with Crippen LogP contribution in [0.1, 0.15) is 16.1 Å². The lowest BCUT2D eigenvalue weighted by Gasteiger charge is -2.13. The summed E-state index contributed by atoms with van der Waals surface area (Å²) in [5.41, 5.74) is 4.78. The summed E-state index contributed by atoms with van der Waals surface area (Å²) in [6.07, 6.45) is -3.09. The summed E-state index contributed by atoms with van der Waals surface area (Å²) in [5.74, 6) is 0.535. The van der Waals surface area contributed by atoms with E-state index in [4.69, 9.17) is 16.3 Å². The number of alkyl halides is 3. The summed E-state index contributed by atoms with van der Waals surface area (Å²) in [6, 6.07) is 11.4. The van der Waals surface area contributed by atoms with Gasteiger partial charge in [0.25, 0.3) is 5.91 Å². The maximum absolute atomic E-state index is 12.7. The first-order valence-corrected chi connectivity index (χ1v) is 9.69. The van der Waals surface area contributed by atoms with Crippen LogP contribution < -0.4 is 26.2 Å². The molecule has 2 aromatic carbocycles. The Balaban J connectivity index is 1.54. The Kier molecular flexibility index (Phi) is 7.23. The number of amides is 3. The number of ether oxygens (including phenoxy) is 1. The number of carbonyl (C=O) groups is 2. The molecule has 0 saturated carbocycles. The number of urea groups is 1. The number of hydrazine groups is 1. The Morgan fingerprint density at radius 3 is 2.36 bits per heavy atom. The summed E-state index contributed by atoms with van der Waals surface area (Å²) in [7, 11) is 1.50. The summed E-state index contributed by atoms with van der Waals surface area (Å²) in [5, 5.41) is 4.57. The molecule has 0 radical (unpaired) electrons. The largest absolute Gasteiger partial charge is 0.457 e. The van der Waals surface area contributed by atoms with Crippen molar-refractivity contribution in [1.82, 2.24) is 15.7 Å². The van der Waals surface area contributed by atoms with Gasteiger partial charge in [-0.05, 0) is 48.5 Å². The van der Waals surface area contributed by atoms with E-state index in [0.717, 1.165) is 18.2 Å². The number of benzene rings is 2. The molecule has 0 aliphatic rings. The number of rotatable bonds is 6. The molecule has 1 aromatic heterocycles. The van der Waals surface area contributed by atoms with Gasteiger partial charge in [-0.15, -0.1) is 0 Å². The van der Waals surface area contributed by atoms with Crippen LogP contribution in [0.25, 0.3) is 0 Å². The second-order valence-corrected chi connectivity index (χ2v) is 6.89. The van der Waals surface area contributed by atoms with Crippen LogP contribution in [-0.4, -0.2) is 24.0 Å². The molecule has 0 bridgehead atoms. The van der Waals surface area contributed by atoms with E-state index in [-0.39, 0.29) is 22.3 Å². The van der Waals surface area contributed by atoms with Crippen LogP contribution in [0.3, 0.4) is 0 Å². The van der Waals surface area contributed by atoms with Crippen LogP contribution >= 0.6 is 11.6 Å². The molecule has 0 spiro atoms. The molecule has 0 atom stereocenters. The molecule has 33 heavy (non-hydrogen) atoms. The van der Waals surface area contributed by atoms with E-state index in [9.17, 15) is 22.8 Å². The number of anilines is 2. The van der Waals surface area contributed by atoms with E-state index in [2.05, 4.69) is 26.5 Å². The molecule has 3 rings (SSSR count). The van der Waals surface area contributed by atoms with E-state index >= 15 is 0 Å². The van der Waals surface area contributed by atoms with Crippen LogP contribution in [0.4, 0.5) is 29.3 Å². The molecule has 0 unspecified atom stereocenters. The predicted octanol–water partition coefficient (Wildman–Crippen LogP) is 5.05. The minimum Gasteiger partial charge on any atom is -0.457 e. The highest BCUT2D eigenvalue weighted by Crippen LogP contribution is 2.33. The zero-order chi connectivity index (χ0) is 24.0. The molecule has 0 saturated heterocycles. The highest BCUT2D eigenvalue weighted by atomic mass is 35.5. The van der Waals surface area contributed by atoms with E-state index in [0.29, 0.717) is 17.2 Å². The van der Waals surface area contributed by atoms with Crippen LogP contribution in [0.15, 0.2) is 60.8 Å². The average Bonchev–Trinajstić information content (AvgIpc) is 2.79. The topological polar surface area (TPSA) is 104 Å². The number of aromatic nitrogens is 1. The van der Waals surface area contributed by atoms with Gasteiger partial charge in [-0.25, -0.2) is 4.79 Å². The lowest BCUT2D eigenvalue weighted by Crippen LogP contribution is -2.33. The zero-order valence-corrected chi connectivity index (χ0v) is 17.7. The predicted molar refractivity (Wildman–Crippen MR) is 116 cm³/mol. The Hall–Kier alpha value is -3.99. The lowest BCUT2D eigenvalue weighted by atomic mass is 10.2. The van der Waals surface area contributed by atoms with Gasteiger partial charge in [0, 0.05) is 19.3 Å². The monoisotopic (exact) mass is 479 g/mol. The Morgan fingerprint density at radius 1 is 1.00 bits per heavy atom. The number of nitrogens with zero attached hydrogens (tertiary/aromatic N) is 1. The smallest absolute Gasteiger partial charge is 0.416 e. The molecule has 12 heteroatoms. The maximum Gasteiger partial charge on any atom is 0.416 e. The Morgan fingerprint density at radius 2 is 1.73 bits per heavy atom. The first-order valence-electron chi connectivity index (χ1n) is 9.31. The van der Waals surface area contributed by atoms with E-state index in [1.165, 1.54) is 19.3 Å². The second kappa shape index (κ2) is 10.1. The number of halogens is 4. The van der Waals surface area contributed by atoms with Gasteiger partial charge in [-0.1, -0.05) is 11.6 Å². The quantitative estimate of drug-likeness (QED) is 0.370. The maximum atomic E-state index is 12.7. The van der Waals surface area contributed by atoms with Crippen molar-refractivity contribution >= 4 is 34.9 Å². The van der Waals surface area contributed by atoms with E-state index in [1.807, 2.05) is 0 Å². The fourth-order valence-corrected chi connectivity index (χ4v) is 2.77. The standard InChI is InChI=1S/C21H17ClF3N5O3/c1-26-19(31)18-11-15(8-9-27-18)33-14-5-3-13(4-6-14)29-30-20(32)28-17-7-2-12(10-16(17)22)21(23,24)25/h2-11,29H,1H3,(H,26,31)(H2,28,30,32). The molecule has 0 fully saturated rings. The molecular weight excluding hydrogens is 463 g/mol. The molecule has 172 valence electrons. The summed E-state index contributed by atoms with van der Waals surface area (Å²) >= 11 is 5.81. The summed E-state index contributed by atoms with van der Waals surface area (Å²) < 4.78 is 43.7. The van der Waals surface area contributed by atoms with Crippen molar-refractivity contribution in [2.45, 2.75) is 6.18 Å². The Labute approximate surface area is 191 Å². The number of nitrogens with one attached hydrogen (secondary N) is 4. The SMILES string of the molecule is CNC(=O)c1cc(Oc2ccc(NNC(=O)Nc3ccc(C(F)(F)F)cc3Cl)cc2)ccn1. The highest BCUT2D eigenvalue weighted by Gasteiger charge is 2.31. The fourth-order valence-electron chi connectivity index (χ4n) is 2.54. The fraction of sp³-hybridized carbons (Fsp3) is 0.0952. The molecule has 4 N–H and O–H groups in total. The van der Waals surface area contributed by atoms with E-state index < -0.39 is 17.8 Å². The minimum absolute atomic E-state index is 0.0150. The van der Waals surface area contributed by atoms with Gasteiger partial charge in [0.2, 0.25) is 0 Å². The third-order valence-corrected chi connectivity index (χ3v) is 4.46. The molecule has 3 aromatic rings. The van der Waals surface area contributed by atoms with Crippen LogP contribution in [0.5, 0.6) is 11.5 Å². The second-order valence-electron chi connectivity index (χ2n) is 6.48. The van der Waals surface area contributed by atoms with Crippen molar-refractivity contribution in [3.63, 3.8) is 0 Å². The molecule has 3 amide bonds. The summed E-state index contributed by atoms with van der Waals surface area (Å²) in [4.78, 5) is 27.6. The van der Waals surface area contributed by atoms with Crippen LogP contribution in [0.2, 0.25) is 5.02 Å². The third kappa shape index (κ3) is 6.50. The van der Waals surface area contributed by atoms with Gasteiger partial charge in [-0.3, -0.25) is 20.6 Å². The highest BCUT2D eigenvalue weighted by molar-refractivity contribution is 6.33. The molecular formula is C21H17ClF3N5O3. The van der Waals surface area contributed by atoms with Gasteiger partial charge in [0.1, 0.15) is 17.2 Å². The third-order valence-electron chi connectivity index (χ3n) is 4.15. The van der Waals surface area contributed by atoms with Crippen molar-refractivity contribution in [2.24, 2.45) is 0 Å². The zero-order valence-electron chi connectivity index (χ0n) is 17.0. The number of hydrogen-bond donors (Lipinski definition) is 4.